The molecule has 2 aliphatic heterocycles. The second-order valence-corrected chi connectivity index (χ2v) is 7.06. The highest BCUT2D eigenvalue weighted by atomic mass is 16.2. The maximum absolute atomic E-state index is 11.8. The van der Waals surface area contributed by atoms with Crippen molar-refractivity contribution < 1.29 is 9.59 Å². The quantitative estimate of drug-likeness (QED) is 0.607. The third-order valence-corrected chi connectivity index (χ3v) is 5.19. The molecule has 0 aromatic heterocycles. The van der Waals surface area contributed by atoms with E-state index in [1.165, 1.54) is 0 Å². The summed E-state index contributed by atoms with van der Waals surface area (Å²) in [6, 6.07) is 8.32. The molecule has 0 radical (unpaired) electrons. The van der Waals surface area contributed by atoms with Crippen LogP contribution in [0.2, 0.25) is 0 Å². The molecule has 2 aliphatic rings. The summed E-state index contributed by atoms with van der Waals surface area (Å²) in [7, 11) is 1.75. The number of likely N-dealkylation sites (tertiary alicyclic amines) is 1. The molecule has 0 aliphatic carbocycles. The highest BCUT2D eigenvalue weighted by Gasteiger charge is 2.25. The summed E-state index contributed by atoms with van der Waals surface area (Å²) < 4.78 is 0. The van der Waals surface area contributed by atoms with Gasteiger partial charge in [-0.1, -0.05) is 19.1 Å². The summed E-state index contributed by atoms with van der Waals surface area (Å²) in [5.74, 6) is 1.15. The molecule has 7 heteroatoms. The number of guanidine groups is 1. The SMILES string of the molecule is CCC(=O)N1CCC(NC(=NC)NCc2ccc(N3CCCC3=O)cc2)C1. The van der Waals surface area contributed by atoms with Gasteiger partial charge in [0.1, 0.15) is 0 Å². The van der Waals surface area contributed by atoms with Gasteiger partial charge in [0.15, 0.2) is 5.96 Å². The van der Waals surface area contributed by atoms with E-state index in [0.717, 1.165) is 49.7 Å². The first-order valence-corrected chi connectivity index (χ1v) is 9.75. The molecule has 0 spiro atoms. The molecule has 2 amide bonds. The lowest BCUT2D eigenvalue weighted by atomic mass is 10.2. The Labute approximate surface area is 160 Å². The zero-order valence-corrected chi connectivity index (χ0v) is 16.2. The molecule has 2 heterocycles. The molecular weight excluding hydrogens is 342 g/mol. The van der Waals surface area contributed by atoms with Crippen LogP contribution < -0.4 is 15.5 Å². The van der Waals surface area contributed by atoms with Gasteiger partial charge in [0.05, 0.1) is 0 Å². The Kier molecular flexibility index (Phi) is 6.32. The lowest BCUT2D eigenvalue weighted by Gasteiger charge is -2.19. The number of carbonyl (C=O) groups excluding carboxylic acids is 2. The number of rotatable bonds is 5. The Morgan fingerprint density at radius 1 is 1.26 bits per heavy atom. The van der Waals surface area contributed by atoms with Gasteiger partial charge < -0.3 is 20.4 Å². The van der Waals surface area contributed by atoms with E-state index in [4.69, 9.17) is 0 Å². The van der Waals surface area contributed by atoms with Crippen molar-refractivity contribution in [2.45, 2.75) is 45.2 Å². The fourth-order valence-corrected chi connectivity index (χ4v) is 3.62. The van der Waals surface area contributed by atoms with Crippen LogP contribution in [0.3, 0.4) is 0 Å². The van der Waals surface area contributed by atoms with Crippen LogP contribution in [-0.4, -0.2) is 55.4 Å². The Hall–Kier alpha value is -2.57. The van der Waals surface area contributed by atoms with Crippen LogP contribution in [-0.2, 0) is 16.1 Å². The van der Waals surface area contributed by atoms with Crippen molar-refractivity contribution in [3.63, 3.8) is 0 Å². The van der Waals surface area contributed by atoms with Crippen LogP contribution in [0.1, 0.15) is 38.2 Å². The van der Waals surface area contributed by atoms with Crippen molar-refractivity contribution >= 4 is 23.5 Å². The van der Waals surface area contributed by atoms with E-state index in [1.54, 1.807) is 7.05 Å². The fraction of sp³-hybridized carbons (Fsp3) is 0.550. The smallest absolute Gasteiger partial charge is 0.227 e. The van der Waals surface area contributed by atoms with Crippen molar-refractivity contribution in [2.75, 3.05) is 31.6 Å². The summed E-state index contributed by atoms with van der Waals surface area (Å²) >= 11 is 0. The van der Waals surface area contributed by atoms with Gasteiger partial charge >= 0.3 is 0 Å². The Morgan fingerprint density at radius 3 is 2.67 bits per heavy atom. The summed E-state index contributed by atoms with van der Waals surface area (Å²) in [5, 5.41) is 6.72. The Balaban J connectivity index is 1.48. The van der Waals surface area contributed by atoms with Crippen LogP contribution in [0, 0.1) is 0 Å². The van der Waals surface area contributed by atoms with E-state index in [1.807, 2.05) is 41.0 Å². The second-order valence-electron chi connectivity index (χ2n) is 7.06. The zero-order chi connectivity index (χ0) is 19.2. The average molecular weight is 371 g/mol. The molecule has 1 unspecified atom stereocenters. The number of nitrogens with zero attached hydrogens (tertiary/aromatic N) is 3. The molecule has 2 N–H and O–H groups in total. The monoisotopic (exact) mass is 371 g/mol. The normalized spacial score (nSPS) is 20.3. The molecule has 0 bridgehead atoms. The van der Waals surface area contributed by atoms with Gasteiger partial charge in [0, 0.05) is 57.8 Å². The van der Waals surface area contributed by atoms with Crippen LogP contribution >= 0.6 is 0 Å². The van der Waals surface area contributed by atoms with Gasteiger partial charge in [0.2, 0.25) is 11.8 Å². The Morgan fingerprint density at radius 2 is 2.04 bits per heavy atom. The van der Waals surface area contributed by atoms with E-state index in [9.17, 15) is 9.59 Å². The topological polar surface area (TPSA) is 77.0 Å². The summed E-state index contributed by atoms with van der Waals surface area (Å²) in [6.07, 6.45) is 3.07. The minimum Gasteiger partial charge on any atom is -0.352 e. The molecule has 2 fully saturated rings. The first-order valence-electron chi connectivity index (χ1n) is 9.75. The predicted molar refractivity (Wildman–Crippen MR) is 107 cm³/mol. The fourth-order valence-electron chi connectivity index (χ4n) is 3.62. The number of anilines is 1. The number of aliphatic imine (C=N–C) groups is 1. The van der Waals surface area contributed by atoms with E-state index in [-0.39, 0.29) is 17.9 Å². The van der Waals surface area contributed by atoms with Crippen LogP contribution in [0.5, 0.6) is 0 Å². The number of benzene rings is 1. The lowest BCUT2D eigenvalue weighted by molar-refractivity contribution is -0.129. The predicted octanol–water partition coefficient (Wildman–Crippen LogP) is 1.49. The highest BCUT2D eigenvalue weighted by Crippen LogP contribution is 2.21. The summed E-state index contributed by atoms with van der Waals surface area (Å²) in [4.78, 5) is 31.7. The van der Waals surface area contributed by atoms with Gasteiger partial charge in [0.25, 0.3) is 0 Å². The Bertz CT molecular complexity index is 701. The zero-order valence-electron chi connectivity index (χ0n) is 16.2. The molecule has 27 heavy (non-hydrogen) atoms. The number of hydrogen-bond donors (Lipinski definition) is 2. The first-order chi connectivity index (χ1) is 13.1. The summed E-state index contributed by atoms with van der Waals surface area (Å²) in [5.41, 5.74) is 2.10. The highest BCUT2D eigenvalue weighted by molar-refractivity contribution is 5.95. The average Bonchev–Trinajstić information content (AvgIpc) is 3.34. The molecule has 7 nitrogen and oxygen atoms in total. The van der Waals surface area contributed by atoms with Gasteiger partial charge in [-0.05, 0) is 30.5 Å². The molecule has 1 aromatic carbocycles. The van der Waals surface area contributed by atoms with Crippen molar-refractivity contribution in [3.05, 3.63) is 29.8 Å². The van der Waals surface area contributed by atoms with Crippen molar-refractivity contribution in [3.8, 4) is 0 Å². The molecule has 3 rings (SSSR count). The maximum atomic E-state index is 11.8. The molecule has 2 saturated heterocycles. The third kappa shape index (κ3) is 4.78. The first kappa shape index (κ1) is 19.2. The van der Waals surface area contributed by atoms with Crippen LogP contribution in [0.4, 0.5) is 5.69 Å². The van der Waals surface area contributed by atoms with Gasteiger partial charge in [-0.3, -0.25) is 14.6 Å². The van der Waals surface area contributed by atoms with E-state index in [2.05, 4.69) is 15.6 Å². The van der Waals surface area contributed by atoms with Crippen LogP contribution in [0.25, 0.3) is 0 Å². The molecule has 1 aromatic rings. The largest absolute Gasteiger partial charge is 0.352 e. The van der Waals surface area contributed by atoms with E-state index < -0.39 is 0 Å². The second kappa shape index (κ2) is 8.88. The van der Waals surface area contributed by atoms with Crippen molar-refractivity contribution in [1.29, 1.82) is 0 Å². The molecule has 146 valence electrons. The van der Waals surface area contributed by atoms with Gasteiger partial charge in [-0.15, -0.1) is 0 Å². The lowest BCUT2D eigenvalue weighted by Crippen LogP contribution is -2.44. The molecule has 0 saturated carbocycles. The number of nitrogens with one attached hydrogen (secondary N) is 2. The molecular formula is C20H29N5O2. The summed E-state index contributed by atoms with van der Waals surface area (Å²) in [6.45, 7) is 4.89. The van der Waals surface area contributed by atoms with Crippen molar-refractivity contribution in [2.24, 2.45) is 4.99 Å². The van der Waals surface area contributed by atoms with E-state index >= 15 is 0 Å². The minimum absolute atomic E-state index is 0.206. The number of hydrogen-bond acceptors (Lipinski definition) is 3. The van der Waals surface area contributed by atoms with Gasteiger partial charge in [-0.2, -0.15) is 0 Å². The number of carbonyl (C=O) groups is 2. The maximum Gasteiger partial charge on any atom is 0.227 e. The van der Waals surface area contributed by atoms with Gasteiger partial charge in [-0.25, -0.2) is 0 Å². The number of amides is 2. The van der Waals surface area contributed by atoms with Crippen LogP contribution in [0.15, 0.2) is 29.3 Å². The van der Waals surface area contributed by atoms with E-state index in [0.29, 0.717) is 19.4 Å². The van der Waals surface area contributed by atoms with Crippen molar-refractivity contribution in [1.82, 2.24) is 15.5 Å². The third-order valence-electron chi connectivity index (χ3n) is 5.19. The minimum atomic E-state index is 0.206. The molecule has 1 atom stereocenters. The standard InChI is InChI=1S/C20H29N5O2/c1-3-18(26)24-12-10-16(14-24)23-20(21-2)22-13-15-6-8-17(9-7-15)25-11-4-5-19(25)27/h6-9,16H,3-5,10-14H2,1-2H3,(H2,21,22,23).